The van der Waals surface area contributed by atoms with Crippen LogP contribution in [0.4, 0.5) is 10.6 Å². The predicted octanol–water partition coefficient (Wildman–Crippen LogP) is 4.06. The lowest BCUT2D eigenvalue weighted by atomic mass is 9.52. The van der Waals surface area contributed by atoms with Gasteiger partial charge in [0.25, 0.3) is 0 Å². The van der Waals surface area contributed by atoms with Crippen LogP contribution < -0.4 is 4.90 Å². The Balaban J connectivity index is 1.46. The van der Waals surface area contributed by atoms with Crippen molar-refractivity contribution in [2.45, 2.75) is 89.5 Å². The molecule has 3 saturated carbocycles. The number of fused-ring (bicyclic) bond motifs is 6. The number of anilines is 1. The van der Waals surface area contributed by atoms with Crippen molar-refractivity contribution < 1.29 is 14.7 Å². The number of aliphatic imine (C=N–C) groups is 1. The molecule has 2 bridgehead atoms. The number of H-pyrrole nitrogens is 1. The van der Waals surface area contributed by atoms with E-state index in [0.29, 0.717) is 13.1 Å². The van der Waals surface area contributed by atoms with Gasteiger partial charge in [-0.05, 0) is 63.2 Å². The molecule has 8 heteroatoms. The molecule has 1 aromatic rings. The first-order chi connectivity index (χ1) is 14.9. The van der Waals surface area contributed by atoms with Crippen molar-refractivity contribution in [2.75, 3.05) is 18.0 Å². The number of amidine groups is 1. The molecular weight excluding hydrogens is 394 g/mol. The average molecular weight is 428 g/mol. The number of aromatic amines is 1. The normalized spacial score (nSPS) is 31.6. The number of carbonyl (C=O) groups excluding carboxylic acids is 1. The molecule has 3 aliphatic carbocycles. The second kappa shape index (κ2) is 7.35. The molecule has 2 N–H and O–H groups in total. The third kappa shape index (κ3) is 3.17. The quantitative estimate of drug-likeness (QED) is 0.685. The molecule has 0 unspecified atom stereocenters. The third-order valence-electron chi connectivity index (χ3n) is 8.27. The van der Waals surface area contributed by atoms with E-state index in [-0.39, 0.29) is 29.3 Å². The molecular formula is C23H33N5O3. The van der Waals surface area contributed by atoms with Crippen LogP contribution in [-0.4, -0.2) is 56.9 Å². The number of nitrogens with zero attached hydrogens (tertiary/aromatic N) is 4. The van der Waals surface area contributed by atoms with E-state index in [4.69, 9.17) is 15.1 Å². The molecule has 8 nitrogen and oxygen atoms in total. The molecule has 3 heterocycles. The Kier molecular flexibility index (Phi) is 4.86. The fraction of sp³-hybridized carbons (Fsp3) is 0.739. The third-order valence-corrected chi connectivity index (χ3v) is 8.27. The van der Waals surface area contributed by atoms with Gasteiger partial charge in [0.15, 0.2) is 11.7 Å². The van der Waals surface area contributed by atoms with Crippen LogP contribution in [0.5, 0.6) is 0 Å². The molecule has 0 saturated heterocycles. The van der Waals surface area contributed by atoms with Gasteiger partial charge in [0.05, 0.1) is 12.6 Å². The van der Waals surface area contributed by atoms with Gasteiger partial charge < -0.3 is 10.1 Å². The summed E-state index contributed by atoms with van der Waals surface area (Å²) in [6.07, 6.45) is 9.15. The van der Waals surface area contributed by atoms with Crippen LogP contribution in [0, 0.1) is 5.41 Å². The van der Waals surface area contributed by atoms with Crippen LogP contribution in [0.2, 0.25) is 0 Å². The lowest BCUT2D eigenvalue weighted by Gasteiger charge is -2.52. The molecule has 0 spiro atoms. The first-order valence-electron chi connectivity index (χ1n) is 11.9. The Morgan fingerprint density at radius 3 is 2.52 bits per heavy atom. The van der Waals surface area contributed by atoms with E-state index < -0.39 is 5.97 Å². The number of carboxylic acids is 1. The summed E-state index contributed by atoms with van der Waals surface area (Å²) in [5.41, 5.74) is 1.11. The zero-order chi connectivity index (χ0) is 21.8. The highest BCUT2D eigenvalue weighted by Crippen LogP contribution is 2.59. The van der Waals surface area contributed by atoms with Gasteiger partial charge in [-0.25, -0.2) is 9.78 Å². The summed E-state index contributed by atoms with van der Waals surface area (Å²) >= 11 is 0. The fourth-order valence-corrected chi connectivity index (χ4v) is 6.16. The lowest BCUT2D eigenvalue weighted by Crippen LogP contribution is -2.50. The number of nitrogens with one attached hydrogen (secondary N) is 1. The number of carbonyl (C=O) groups is 2. The maximum Gasteiger partial charge on any atom is 0.331 e. The van der Waals surface area contributed by atoms with Crippen molar-refractivity contribution in [3.8, 4) is 0 Å². The number of carboxylic acid groups (broad SMARTS) is 1. The minimum Gasteiger partial charge on any atom is -0.481 e. The number of amides is 2. The number of urea groups is 1. The summed E-state index contributed by atoms with van der Waals surface area (Å²) in [5, 5.41) is 9.13. The summed E-state index contributed by atoms with van der Waals surface area (Å²) in [5.74, 6) is 1.82. The predicted molar refractivity (Wildman–Crippen MR) is 118 cm³/mol. The number of aromatic nitrogens is 2. The van der Waals surface area contributed by atoms with Gasteiger partial charge in [0.2, 0.25) is 0 Å². The Hall–Kier alpha value is -2.38. The maximum absolute atomic E-state index is 13.2. The van der Waals surface area contributed by atoms with E-state index in [1.165, 1.54) is 0 Å². The van der Waals surface area contributed by atoms with Crippen LogP contribution in [0.3, 0.4) is 0 Å². The van der Waals surface area contributed by atoms with Crippen molar-refractivity contribution in [1.29, 1.82) is 0 Å². The first-order valence-corrected chi connectivity index (χ1v) is 11.9. The number of rotatable bonds is 7. The lowest BCUT2D eigenvalue weighted by molar-refractivity contribution is -0.138. The minimum atomic E-state index is -0.691. The molecule has 5 aliphatic rings. The Bertz CT molecular complexity index is 911. The summed E-state index contributed by atoms with van der Waals surface area (Å²) in [6, 6.07) is 0.150. The highest BCUT2D eigenvalue weighted by atomic mass is 16.4. The SMILES string of the molecule is CCCN1C(=O)N2C[C@@H](CC)N=C2c2[nH]c(C34CCC(CCC(=O)O)(CC3)CC4)nc21. The van der Waals surface area contributed by atoms with E-state index in [2.05, 4.69) is 18.8 Å². The first kappa shape index (κ1) is 20.5. The zero-order valence-electron chi connectivity index (χ0n) is 18.6. The molecule has 6 rings (SSSR count). The van der Waals surface area contributed by atoms with Crippen LogP contribution in [0.15, 0.2) is 4.99 Å². The van der Waals surface area contributed by atoms with Crippen molar-refractivity contribution in [1.82, 2.24) is 14.9 Å². The molecule has 1 aromatic heterocycles. The molecule has 168 valence electrons. The van der Waals surface area contributed by atoms with Crippen molar-refractivity contribution >= 4 is 23.7 Å². The standard InChI is InChI=1S/C23H33N5O3/c1-3-13-27-19-17(18-24-15(4-2)14-28(18)21(27)31)25-20(26-19)23-10-7-22(8-11-23,9-12-23)6-5-16(29)30/h15H,3-14H2,1-2H3,(H,25,26)(H,29,30)/t15-,22?,23?/m1/s1. The largest absolute Gasteiger partial charge is 0.481 e. The molecule has 3 fully saturated rings. The smallest absolute Gasteiger partial charge is 0.331 e. The van der Waals surface area contributed by atoms with Gasteiger partial charge in [-0.15, -0.1) is 0 Å². The summed E-state index contributed by atoms with van der Waals surface area (Å²) in [6.45, 7) is 5.50. The van der Waals surface area contributed by atoms with E-state index in [0.717, 1.165) is 81.0 Å². The highest BCUT2D eigenvalue weighted by Gasteiger charge is 2.52. The number of hydrogen-bond donors (Lipinski definition) is 2. The maximum atomic E-state index is 13.2. The van der Waals surface area contributed by atoms with Gasteiger partial charge in [0, 0.05) is 18.4 Å². The van der Waals surface area contributed by atoms with E-state index >= 15 is 0 Å². The monoisotopic (exact) mass is 427 g/mol. The summed E-state index contributed by atoms with van der Waals surface area (Å²) in [7, 11) is 0. The Morgan fingerprint density at radius 2 is 1.90 bits per heavy atom. The summed E-state index contributed by atoms with van der Waals surface area (Å²) in [4.78, 5) is 41.5. The Labute approximate surface area is 183 Å². The van der Waals surface area contributed by atoms with E-state index in [9.17, 15) is 9.59 Å². The number of imidazole rings is 1. The average Bonchev–Trinajstić information content (AvgIpc) is 3.42. The second-order valence-corrected chi connectivity index (χ2v) is 10.0. The molecule has 1 atom stereocenters. The van der Waals surface area contributed by atoms with Crippen molar-refractivity contribution in [3.05, 3.63) is 11.5 Å². The molecule has 0 aromatic carbocycles. The fourth-order valence-electron chi connectivity index (χ4n) is 6.16. The highest BCUT2D eigenvalue weighted by molar-refractivity contribution is 6.18. The van der Waals surface area contributed by atoms with Crippen molar-refractivity contribution in [3.63, 3.8) is 0 Å². The number of aliphatic carboxylic acids is 1. The van der Waals surface area contributed by atoms with E-state index in [1.54, 1.807) is 0 Å². The number of hydrogen-bond acceptors (Lipinski definition) is 4. The molecule has 31 heavy (non-hydrogen) atoms. The van der Waals surface area contributed by atoms with Crippen molar-refractivity contribution in [2.24, 2.45) is 10.4 Å². The van der Waals surface area contributed by atoms with E-state index in [1.807, 2.05) is 9.80 Å². The van der Waals surface area contributed by atoms with Crippen LogP contribution >= 0.6 is 0 Å². The molecule has 2 aliphatic heterocycles. The minimum absolute atomic E-state index is 0.000393. The van der Waals surface area contributed by atoms with Gasteiger partial charge in [-0.3, -0.25) is 19.6 Å². The topological polar surface area (TPSA) is 102 Å². The molecule has 0 radical (unpaired) electrons. The zero-order valence-corrected chi connectivity index (χ0v) is 18.6. The summed E-state index contributed by atoms with van der Waals surface area (Å²) < 4.78 is 0. The Morgan fingerprint density at radius 1 is 1.19 bits per heavy atom. The molecule has 2 amide bonds. The van der Waals surface area contributed by atoms with Gasteiger partial charge in [-0.2, -0.15) is 0 Å². The van der Waals surface area contributed by atoms with Gasteiger partial charge in [0.1, 0.15) is 11.5 Å². The van der Waals surface area contributed by atoms with Crippen LogP contribution in [0.25, 0.3) is 0 Å². The second-order valence-electron chi connectivity index (χ2n) is 10.0. The van der Waals surface area contributed by atoms with Crippen LogP contribution in [-0.2, 0) is 10.2 Å². The van der Waals surface area contributed by atoms with Crippen LogP contribution in [0.1, 0.15) is 89.6 Å². The van der Waals surface area contributed by atoms with Gasteiger partial charge >= 0.3 is 12.0 Å². The van der Waals surface area contributed by atoms with Gasteiger partial charge in [-0.1, -0.05) is 13.8 Å².